The number of carbonyl (C=O) groups is 1. The van der Waals surface area contributed by atoms with Gasteiger partial charge in [-0.2, -0.15) is 5.10 Å². The number of nitrogens with one attached hydrogen (secondary N) is 1. The van der Waals surface area contributed by atoms with Crippen molar-refractivity contribution in [3.63, 3.8) is 0 Å². The molecule has 1 heterocycles. The maximum absolute atomic E-state index is 12.4. The molecule has 1 saturated carbocycles. The lowest BCUT2D eigenvalue weighted by Gasteiger charge is -2.14. The molecule has 0 saturated heterocycles. The van der Waals surface area contributed by atoms with Crippen LogP contribution in [0.3, 0.4) is 0 Å². The third kappa shape index (κ3) is 4.21. The number of amides is 1. The summed E-state index contributed by atoms with van der Waals surface area (Å²) in [5.41, 5.74) is 3.05. The molecule has 1 aromatic rings. The normalized spacial score (nSPS) is 16.5. The van der Waals surface area contributed by atoms with Crippen molar-refractivity contribution in [1.29, 1.82) is 0 Å². The van der Waals surface area contributed by atoms with Gasteiger partial charge in [-0.1, -0.05) is 24.5 Å². The van der Waals surface area contributed by atoms with Gasteiger partial charge in [-0.3, -0.25) is 9.48 Å². The van der Waals surface area contributed by atoms with E-state index in [9.17, 15) is 4.79 Å². The van der Waals surface area contributed by atoms with Crippen molar-refractivity contribution >= 4 is 5.91 Å². The molecule has 4 heteroatoms. The number of hydrogen-bond donors (Lipinski definition) is 1. The van der Waals surface area contributed by atoms with E-state index in [1.165, 1.54) is 31.3 Å². The number of carbonyl (C=O) groups excluding carboxylic acids is 1. The third-order valence-electron chi connectivity index (χ3n) is 4.49. The fourth-order valence-electron chi connectivity index (χ4n) is 3.16. The largest absolute Gasteiger partial charge is 0.349 e. The Bertz CT molecular complexity index is 535. The summed E-state index contributed by atoms with van der Waals surface area (Å²) in [7, 11) is 0. The second-order valence-electron chi connectivity index (χ2n) is 6.76. The fraction of sp³-hybridized carbons (Fsp3) is 0.667. The predicted molar refractivity (Wildman–Crippen MR) is 90.1 cm³/mol. The zero-order valence-electron chi connectivity index (χ0n) is 14.4. The Labute approximate surface area is 134 Å². The highest BCUT2D eigenvalue weighted by molar-refractivity contribution is 5.95. The highest BCUT2D eigenvalue weighted by Crippen LogP contribution is 2.30. The first kappa shape index (κ1) is 16.8. The average Bonchev–Trinajstić information content (AvgIpc) is 3.06. The van der Waals surface area contributed by atoms with Crippen molar-refractivity contribution in [2.24, 2.45) is 0 Å². The molecule has 0 bridgehead atoms. The number of allylic oxidation sites excluding steroid dienone is 2. The summed E-state index contributed by atoms with van der Waals surface area (Å²) in [4.78, 5) is 12.4. The van der Waals surface area contributed by atoms with E-state index in [4.69, 9.17) is 0 Å². The summed E-state index contributed by atoms with van der Waals surface area (Å²) in [6.45, 7) is 8.27. The first-order valence-electron chi connectivity index (χ1n) is 8.47. The van der Waals surface area contributed by atoms with E-state index in [2.05, 4.69) is 41.9 Å². The molecule has 122 valence electrons. The van der Waals surface area contributed by atoms with Crippen LogP contribution in [0.5, 0.6) is 0 Å². The molecule has 1 amide bonds. The molecule has 1 aliphatic carbocycles. The topological polar surface area (TPSA) is 46.9 Å². The van der Waals surface area contributed by atoms with Gasteiger partial charge in [-0.25, -0.2) is 0 Å². The van der Waals surface area contributed by atoms with Gasteiger partial charge in [0, 0.05) is 11.7 Å². The Balaban J connectivity index is 1.93. The van der Waals surface area contributed by atoms with Gasteiger partial charge in [0.05, 0.1) is 17.8 Å². The van der Waals surface area contributed by atoms with Gasteiger partial charge in [0.1, 0.15) is 0 Å². The summed E-state index contributed by atoms with van der Waals surface area (Å²) < 4.78 is 2.05. The van der Waals surface area contributed by atoms with E-state index in [-0.39, 0.29) is 11.9 Å². The Kier molecular flexibility index (Phi) is 5.81. The summed E-state index contributed by atoms with van der Waals surface area (Å²) in [6, 6.07) is 0.661. The fourth-order valence-corrected chi connectivity index (χ4v) is 3.16. The zero-order chi connectivity index (χ0) is 16.1. The van der Waals surface area contributed by atoms with Crippen molar-refractivity contribution in [2.75, 3.05) is 0 Å². The molecule has 0 radical (unpaired) electrons. The van der Waals surface area contributed by atoms with E-state index < -0.39 is 0 Å². The molecular weight excluding hydrogens is 274 g/mol. The smallest absolute Gasteiger partial charge is 0.254 e. The second kappa shape index (κ2) is 7.61. The van der Waals surface area contributed by atoms with E-state index in [1.54, 1.807) is 6.20 Å². The summed E-state index contributed by atoms with van der Waals surface area (Å²) in [5.74, 6) is 0.00597. The monoisotopic (exact) mass is 303 g/mol. The molecule has 1 fully saturated rings. The van der Waals surface area contributed by atoms with Gasteiger partial charge in [0.25, 0.3) is 5.91 Å². The van der Waals surface area contributed by atoms with Crippen LogP contribution in [0, 0.1) is 6.92 Å². The lowest BCUT2D eigenvalue weighted by Crippen LogP contribution is -2.32. The van der Waals surface area contributed by atoms with E-state index in [1.807, 2.05) is 6.92 Å². The van der Waals surface area contributed by atoms with Crippen LogP contribution in [0.2, 0.25) is 0 Å². The first-order valence-corrected chi connectivity index (χ1v) is 8.47. The first-order chi connectivity index (χ1) is 10.5. The summed E-state index contributed by atoms with van der Waals surface area (Å²) in [5, 5.41) is 7.55. The molecule has 1 atom stereocenters. The van der Waals surface area contributed by atoms with Gasteiger partial charge < -0.3 is 5.32 Å². The SMILES string of the molecule is CC(C)=CCCC(C)NC(=O)c1cnn(C2CCCC2)c1C. The van der Waals surface area contributed by atoms with Gasteiger partial charge in [-0.15, -0.1) is 0 Å². The third-order valence-corrected chi connectivity index (χ3v) is 4.49. The Morgan fingerprint density at radius 3 is 2.77 bits per heavy atom. The number of hydrogen-bond acceptors (Lipinski definition) is 2. The van der Waals surface area contributed by atoms with Crippen LogP contribution in [-0.4, -0.2) is 21.7 Å². The van der Waals surface area contributed by atoms with Crippen LogP contribution in [-0.2, 0) is 0 Å². The van der Waals surface area contributed by atoms with E-state index in [0.717, 1.165) is 24.1 Å². The quantitative estimate of drug-likeness (QED) is 0.802. The number of rotatable bonds is 6. The molecule has 0 aromatic carbocycles. The molecule has 0 aliphatic heterocycles. The standard InChI is InChI=1S/C18H29N3O/c1-13(2)8-7-9-14(3)20-18(22)17-12-19-21(15(17)4)16-10-5-6-11-16/h8,12,14,16H,5-7,9-11H2,1-4H3,(H,20,22). The molecular formula is C18H29N3O. The Morgan fingerprint density at radius 2 is 2.14 bits per heavy atom. The van der Waals surface area contributed by atoms with Crippen LogP contribution in [0.25, 0.3) is 0 Å². The Morgan fingerprint density at radius 1 is 1.45 bits per heavy atom. The highest BCUT2D eigenvalue weighted by atomic mass is 16.1. The van der Waals surface area contributed by atoms with Crippen LogP contribution >= 0.6 is 0 Å². The van der Waals surface area contributed by atoms with E-state index in [0.29, 0.717) is 6.04 Å². The Hall–Kier alpha value is -1.58. The van der Waals surface area contributed by atoms with Crippen LogP contribution in [0.1, 0.15) is 81.4 Å². The maximum Gasteiger partial charge on any atom is 0.254 e. The molecule has 22 heavy (non-hydrogen) atoms. The molecule has 2 rings (SSSR count). The van der Waals surface area contributed by atoms with Crippen molar-refractivity contribution in [3.8, 4) is 0 Å². The van der Waals surface area contributed by atoms with Gasteiger partial charge in [0.2, 0.25) is 0 Å². The van der Waals surface area contributed by atoms with Gasteiger partial charge in [0.15, 0.2) is 0 Å². The lowest BCUT2D eigenvalue weighted by atomic mass is 10.1. The summed E-state index contributed by atoms with van der Waals surface area (Å²) in [6.07, 6.45) is 10.8. The van der Waals surface area contributed by atoms with Crippen LogP contribution < -0.4 is 5.32 Å². The second-order valence-corrected chi connectivity index (χ2v) is 6.76. The lowest BCUT2D eigenvalue weighted by molar-refractivity contribution is 0.0938. The average molecular weight is 303 g/mol. The van der Waals surface area contributed by atoms with Crippen LogP contribution in [0.15, 0.2) is 17.8 Å². The molecule has 1 N–H and O–H groups in total. The van der Waals surface area contributed by atoms with Crippen molar-refractivity contribution < 1.29 is 4.79 Å². The number of aromatic nitrogens is 2. The van der Waals surface area contributed by atoms with Gasteiger partial charge in [-0.05, 0) is 53.4 Å². The number of nitrogens with zero attached hydrogens (tertiary/aromatic N) is 2. The molecule has 1 unspecified atom stereocenters. The van der Waals surface area contributed by atoms with Crippen molar-refractivity contribution in [2.45, 2.75) is 78.3 Å². The molecule has 0 spiro atoms. The minimum atomic E-state index is 0.00597. The maximum atomic E-state index is 12.4. The zero-order valence-corrected chi connectivity index (χ0v) is 14.4. The summed E-state index contributed by atoms with van der Waals surface area (Å²) >= 11 is 0. The van der Waals surface area contributed by atoms with Gasteiger partial charge >= 0.3 is 0 Å². The minimum absolute atomic E-state index is 0.00597. The predicted octanol–water partition coefficient (Wildman–Crippen LogP) is 4.17. The van der Waals surface area contributed by atoms with Crippen LogP contribution in [0.4, 0.5) is 0 Å². The molecule has 1 aliphatic rings. The molecule has 4 nitrogen and oxygen atoms in total. The van der Waals surface area contributed by atoms with Crippen molar-refractivity contribution in [1.82, 2.24) is 15.1 Å². The van der Waals surface area contributed by atoms with Crippen molar-refractivity contribution in [3.05, 3.63) is 29.1 Å². The molecule has 1 aromatic heterocycles. The van der Waals surface area contributed by atoms with E-state index >= 15 is 0 Å². The minimum Gasteiger partial charge on any atom is -0.349 e. The highest BCUT2D eigenvalue weighted by Gasteiger charge is 2.22.